The second-order valence-electron chi connectivity index (χ2n) is 11.2. The number of carbonyl (C=O) groups excluding carboxylic acids is 5. The molecule has 1 amide bonds. The van der Waals surface area contributed by atoms with Crippen LogP contribution >= 0.6 is 0 Å². The number of ether oxygens (including phenoxy) is 7. The molecule has 1 aliphatic carbocycles. The van der Waals surface area contributed by atoms with E-state index >= 15 is 0 Å². The summed E-state index contributed by atoms with van der Waals surface area (Å²) in [6.07, 6.45) is -9.95. The molecule has 258 valence electrons. The Morgan fingerprint density at radius 3 is 1.77 bits per heavy atom. The number of hydrogen-bond donors (Lipinski definition) is 2. The Kier molecular flexibility index (Phi) is 11.7. The van der Waals surface area contributed by atoms with Crippen LogP contribution in [0.4, 0.5) is 4.79 Å². The van der Waals surface area contributed by atoms with E-state index in [1.165, 1.54) is 6.92 Å². The molecule has 0 spiro atoms. The number of carbonyl (C=O) groups is 6. The molecule has 0 bridgehead atoms. The number of hydrogen-bond acceptors (Lipinski definition) is 13. The maximum atomic E-state index is 13.0. The second kappa shape index (κ2) is 15.7. The van der Waals surface area contributed by atoms with Gasteiger partial charge in [0.05, 0.1) is 6.10 Å². The van der Waals surface area contributed by atoms with Gasteiger partial charge < -0.3 is 43.6 Å². The van der Waals surface area contributed by atoms with Crippen molar-refractivity contribution in [3.8, 4) is 11.1 Å². The average molecular weight is 672 g/mol. The predicted molar refractivity (Wildman–Crippen MR) is 162 cm³/mol. The molecule has 7 atom stereocenters. The minimum absolute atomic E-state index is 0.0822. The van der Waals surface area contributed by atoms with E-state index in [0.29, 0.717) is 0 Å². The van der Waals surface area contributed by atoms with Crippen LogP contribution in [0.15, 0.2) is 48.5 Å². The summed E-state index contributed by atoms with van der Waals surface area (Å²) in [4.78, 5) is 73.0. The van der Waals surface area contributed by atoms with Crippen molar-refractivity contribution in [1.82, 2.24) is 5.32 Å². The predicted octanol–water partition coefficient (Wildman–Crippen LogP) is 2.47. The van der Waals surface area contributed by atoms with Crippen molar-refractivity contribution in [3.05, 3.63) is 59.7 Å². The third-order valence-electron chi connectivity index (χ3n) is 7.65. The molecular weight excluding hydrogens is 634 g/mol. The van der Waals surface area contributed by atoms with Crippen molar-refractivity contribution in [2.75, 3.05) is 13.2 Å². The summed E-state index contributed by atoms with van der Waals surface area (Å²) < 4.78 is 38.3. The van der Waals surface area contributed by atoms with Crippen LogP contribution in [0, 0.1) is 0 Å². The lowest BCUT2D eigenvalue weighted by Crippen LogP contribution is -2.64. The van der Waals surface area contributed by atoms with E-state index in [9.17, 15) is 33.9 Å². The quantitative estimate of drug-likeness (QED) is 0.246. The van der Waals surface area contributed by atoms with Crippen LogP contribution in [0.1, 0.15) is 51.7 Å². The summed E-state index contributed by atoms with van der Waals surface area (Å²) in [6, 6.07) is 13.7. The lowest BCUT2D eigenvalue weighted by Gasteiger charge is -2.44. The summed E-state index contributed by atoms with van der Waals surface area (Å²) in [5.41, 5.74) is 3.94. The minimum Gasteiger partial charge on any atom is -0.480 e. The molecule has 0 unspecified atom stereocenters. The zero-order chi connectivity index (χ0) is 35.1. The van der Waals surface area contributed by atoms with Crippen LogP contribution in [0.5, 0.6) is 0 Å². The van der Waals surface area contributed by atoms with Gasteiger partial charge in [0.1, 0.15) is 19.3 Å². The van der Waals surface area contributed by atoms with E-state index in [-0.39, 0.29) is 12.5 Å². The van der Waals surface area contributed by atoms with E-state index in [2.05, 4.69) is 5.32 Å². The standard InChI is InChI=1S/C33H37NO14/c1-16(27(31(39)40)34-33(41)43-14-25-23-12-8-6-10-21(23)22-11-7-9-13-24(22)25)44-32-30(47-20(5)38)29(46-19(4)37)28(45-18(3)36)26(48-32)15-42-17(2)35/h6-13,16,25-30,32H,14-15H2,1-5H3,(H,34,41)(H,39,40)/t16-,26-,27-,28+,29-,30+,32+/m0/s1. The largest absolute Gasteiger partial charge is 0.480 e. The number of amides is 1. The first kappa shape index (κ1) is 35.8. The first-order valence-corrected chi connectivity index (χ1v) is 15.1. The summed E-state index contributed by atoms with van der Waals surface area (Å²) in [5, 5.41) is 12.3. The molecule has 1 heterocycles. The van der Waals surface area contributed by atoms with Crippen molar-refractivity contribution < 1.29 is 67.0 Å². The fraction of sp³-hybridized carbons (Fsp3) is 0.455. The monoisotopic (exact) mass is 671 g/mol. The number of fused-ring (bicyclic) bond motifs is 3. The Balaban J connectivity index is 1.52. The SMILES string of the molecule is CC(=O)OC[C@@H]1O[C@@H](O[C@@H](C)[C@H](NC(=O)OCC2c3ccccc3-c3ccccc32)C(=O)O)[C@H](OC(C)=O)[C@@H](OC(C)=O)[C@@H]1OC(C)=O. The van der Waals surface area contributed by atoms with E-state index in [1.54, 1.807) is 0 Å². The lowest BCUT2D eigenvalue weighted by molar-refractivity contribution is -0.316. The highest BCUT2D eigenvalue weighted by Crippen LogP contribution is 2.44. The molecule has 1 saturated heterocycles. The van der Waals surface area contributed by atoms with Gasteiger partial charge in [-0.05, 0) is 29.2 Å². The molecule has 0 radical (unpaired) electrons. The molecule has 1 fully saturated rings. The molecule has 1 aliphatic heterocycles. The number of esters is 4. The van der Waals surface area contributed by atoms with E-state index in [1.807, 2.05) is 48.5 Å². The van der Waals surface area contributed by atoms with Gasteiger partial charge in [-0.2, -0.15) is 0 Å². The first-order valence-electron chi connectivity index (χ1n) is 15.1. The van der Waals surface area contributed by atoms with Gasteiger partial charge in [0.2, 0.25) is 0 Å². The van der Waals surface area contributed by atoms with E-state index in [4.69, 9.17) is 33.2 Å². The van der Waals surface area contributed by atoms with Crippen LogP contribution in [-0.4, -0.2) is 97.1 Å². The molecule has 2 aromatic carbocycles. The molecule has 15 nitrogen and oxygen atoms in total. The third-order valence-corrected chi connectivity index (χ3v) is 7.65. The van der Waals surface area contributed by atoms with Gasteiger partial charge in [0, 0.05) is 33.6 Å². The number of carboxylic acids is 1. The van der Waals surface area contributed by atoms with Gasteiger partial charge in [0.25, 0.3) is 0 Å². The molecule has 15 heteroatoms. The van der Waals surface area contributed by atoms with Crippen molar-refractivity contribution in [3.63, 3.8) is 0 Å². The third kappa shape index (κ3) is 8.66. The van der Waals surface area contributed by atoms with E-state index in [0.717, 1.165) is 49.9 Å². The Labute approximate surface area is 275 Å². The topological polar surface area (TPSA) is 199 Å². The van der Waals surface area contributed by atoms with Crippen molar-refractivity contribution in [2.24, 2.45) is 0 Å². The molecule has 4 rings (SSSR count). The Bertz CT molecular complexity index is 1500. The van der Waals surface area contributed by atoms with Crippen molar-refractivity contribution in [1.29, 1.82) is 0 Å². The Hall–Kier alpha value is -5.02. The lowest BCUT2D eigenvalue weighted by atomic mass is 9.98. The normalized spacial score (nSPS) is 22.6. The van der Waals surface area contributed by atoms with Crippen molar-refractivity contribution >= 4 is 35.9 Å². The van der Waals surface area contributed by atoms with Crippen LogP contribution in [0.2, 0.25) is 0 Å². The van der Waals surface area contributed by atoms with Gasteiger partial charge in [-0.15, -0.1) is 0 Å². The van der Waals surface area contributed by atoms with Crippen LogP contribution in [0.3, 0.4) is 0 Å². The van der Waals surface area contributed by atoms with Gasteiger partial charge in [-0.3, -0.25) is 19.2 Å². The molecule has 48 heavy (non-hydrogen) atoms. The smallest absolute Gasteiger partial charge is 0.407 e. The molecule has 2 aliphatic rings. The average Bonchev–Trinajstić information content (AvgIpc) is 3.33. The van der Waals surface area contributed by atoms with Gasteiger partial charge in [-0.1, -0.05) is 48.5 Å². The van der Waals surface area contributed by atoms with Crippen LogP contribution < -0.4 is 5.32 Å². The van der Waals surface area contributed by atoms with Gasteiger partial charge in [0.15, 0.2) is 30.6 Å². The fourth-order valence-electron chi connectivity index (χ4n) is 5.74. The van der Waals surface area contributed by atoms with Crippen LogP contribution in [-0.2, 0) is 57.1 Å². The summed E-state index contributed by atoms with van der Waals surface area (Å²) >= 11 is 0. The summed E-state index contributed by atoms with van der Waals surface area (Å²) in [7, 11) is 0. The minimum atomic E-state index is -1.72. The first-order chi connectivity index (χ1) is 22.8. The zero-order valence-corrected chi connectivity index (χ0v) is 26.9. The highest BCUT2D eigenvalue weighted by molar-refractivity contribution is 5.81. The molecular formula is C33H37NO14. The maximum absolute atomic E-state index is 13.0. The fourth-order valence-corrected chi connectivity index (χ4v) is 5.74. The highest BCUT2D eigenvalue weighted by Gasteiger charge is 2.53. The maximum Gasteiger partial charge on any atom is 0.407 e. The summed E-state index contributed by atoms with van der Waals surface area (Å²) in [5.74, 6) is -5.03. The van der Waals surface area contributed by atoms with Crippen LogP contribution in [0.25, 0.3) is 11.1 Å². The van der Waals surface area contributed by atoms with E-state index < -0.39 is 85.4 Å². The molecule has 0 aromatic heterocycles. The second-order valence-corrected chi connectivity index (χ2v) is 11.2. The van der Waals surface area contributed by atoms with Gasteiger partial charge in [-0.25, -0.2) is 9.59 Å². The summed E-state index contributed by atoms with van der Waals surface area (Å²) in [6.45, 7) is 5.02. The number of alkyl carbamates (subject to hydrolysis) is 1. The Morgan fingerprint density at radius 1 is 0.729 bits per heavy atom. The molecule has 2 N–H and O–H groups in total. The molecule has 0 saturated carbocycles. The molecule has 2 aromatic rings. The number of carboxylic acid groups (broad SMARTS) is 1. The highest BCUT2D eigenvalue weighted by atomic mass is 16.7. The number of aliphatic carboxylic acids is 1. The number of benzene rings is 2. The number of rotatable bonds is 12. The number of nitrogens with one attached hydrogen (secondary N) is 1. The zero-order valence-electron chi connectivity index (χ0n) is 26.9. The van der Waals surface area contributed by atoms with Crippen molar-refractivity contribution in [2.45, 2.75) is 83.4 Å². The Morgan fingerprint density at radius 2 is 1.25 bits per heavy atom. The van der Waals surface area contributed by atoms with Gasteiger partial charge >= 0.3 is 35.9 Å².